The third kappa shape index (κ3) is 4.75. The van der Waals surface area contributed by atoms with Gasteiger partial charge >= 0.3 is 5.97 Å². The minimum absolute atomic E-state index is 0.352. The molecule has 1 aliphatic heterocycles. The molecular weight excluding hydrogens is 278 g/mol. The van der Waals surface area contributed by atoms with E-state index in [0.717, 1.165) is 17.7 Å². The fourth-order valence-corrected chi connectivity index (χ4v) is 4.85. The Morgan fingerprint density at radius 1 is 1.32 bits per heavy atom. The van der Waals surface area contributed by atoms with Crippen LogP contribution in [0.25, 0.3) is 0 Å². The zero-order valence-corrected chi connectivity index (χ0v) is 12.7. The number of carbonyl (C=O) groups is 1. The number of aromatic carboxylic acids is 1. The molecule has 1 fully saturated rings. The molecule has 0 bridgehead atoms. The van der Waals surface area contributed by atoms with Gasteiger partial charge < -0.3 is 10.0 Å². The molecule has 1 aromatic rings. The van der Waals surface area contributed by atoms with Crippen LogP contribution in [-0.4, -0.2) is 45.7 Å². The molecule has 1 saturated heterocycles. The zero-order chi connectivity index (χ0) is 13.7. The molecule has 1 aromatic carbocycles. The Labute approximate surface area is 122 Å². The van der Waals surface area contributed by atoms with Gasteiger partial charge in [0.2, 0.25) is 0 Å². The second kappa shape index (κ2) is 7.22. The molecule has 0 aromatic heterocycles. The SMILES string of the molecule is CN(CCC1SCCS1)Cc1ccc(C(=O)O)cc1. The van der Waals surface area contributed by atoms with E-state index >= 15 is 0 Å². The van der Waals surface area contributed by atoms with Crippen molar-refractivity contribution in [1.29, 1.82) is 0 Å². The van der Waals surface area contributed by atoms with E-state index in [2.05, 4.69) is 35.5 Å². The Bertz CT molecular complexity index is 416. The highest BCUT2D eigenvalue weighted by Crippen LogP contribution is 2.34. The van der Waals surface area contributed by atoms with Crippen molar-refractivity contribution in [2.45, 2.75) is 17.5 Å². The average Bonchev–Trinajstić information content (AvgIpc) is 2.90. The lowest BCUT2D eigenvalue weighted by Crippen LogP contribution is -2.21. The van der Waals surface area contributed by atoms with E-state index in [9.17, 15) is 4.79 Å². The van der Waals surface area contributed by atoms with Crippen molar-refractivity contribution in [3.8, 4) is 0 Å². The molecule has 0 spiro atoms. The van der Waals surface area contributed by atoms with Gasteiger partial charge in [0.05, 0.1) is 10.1 Å². The summed E-state index contributed by atoms with van der Waals surface area (Å²) in [5.41, 5.74) is 1.52. The van der Waals surface area contributed by atoms with E-state index in [0.29, 0.717) is 5.56 Å². The van der Waals surface area contributed by atoms with Crippen LogP contribution in [0.1, 0.15) is 22.3 Å². The smallest absolute Gasteiger partial charge is 0.335 e. The number of benzene rings is 1. The van der Waals surface area contributed by atoms with Gasteiger partial charge in [-0.25, -0.2) is 4.79 Å². The van der Waals surface area contributed by atoms with Gasteiger partial charge in [-0.15, -0.1) is 23.5 Å². The summed E-state index contributed by atoms with van der Waals surface area (Å²) in [6.07, 6.45) is 1.22. The highest BCUT2D eigenvalue weighted by atomic mass is 32.2. The maximum atomic E-state index is 10.8. The van der Waals surface area contributed by atoms with Gasteiger partial charge in [-0.1, -0.05) is 12.1 Å². The van der Waals surface area contributed by atoms with Crippen LogP contribution in [0, 0.1) is 0 Å². The Morgan fingerprint density at radius 3 is 2.53 bits per heavy atom. The van der Waals surface area contributed by atoms with Gasteiger partial charge in [0.15, 0.2) is 0 Å². The van der Waals surface area contributed by atoms with Crippen LogP contribution in [0.5, 0.6) is 0 Å². The monoisotopic (exact) mass is 297 g/mol. The minimum Gasteiger partial charge on any atom is -0.478 e. The maximum Gasteiger partial charge on any atom is 0.335 e. The normalized spacial score (nSPS) is 16.1. The molecule has 0 aliphatic carbocycles. The second-order valence-electron chi connectivity index (χ2n) is 4.70. The van der Waals surface area contributed by atoms with Gasteiger partial charge in [0.25, 0.3) is 0 Å². The topological polar surface area (TPSA) is 40.5 Å². The summed E-state index contributed by atoms with van der Waals surface area (Å²) in [5.74, 6) is 1.71. The van der Waals surface area contributed by atoms with Crippen LogP contribution >= 0.6 is 23.5 Å². The molecular formula is C14H19NO2S2. The average molecular weight is 297 g/mol. The van der Waals surface area contributed by atoms with Crippen molar-refractivity contribution in [3.63, 3.8) is 0 Å². The van der Waals surface area contributed by atoms with Gasteiger partial charge in [-0.05, 0) is 31.2 Å². The summed E-state index contributed by atoms with van der Waals surface area (Å²) in [6.45, 7) is 1.97. The van der Waals surface area contributed by atoms with Crippen molar-refractivity contribution in [3.05, 3.63) is 35.4 Å². The molecule has 0 amide bonds. The van der Waals surface area contributed by atoms with Gasteiger partial charge in [0, 0.05) is 24.6 Å². The molecule has 0 radical (unpaired) electrons. The lowest BCUT2D eigenvalue weighted by molar-refractivity contribution is 0.0697. The quantitative estimate of drug-likeness (QED) is 0.874. The molecule has 2 rings (SSSR count). The largest absolute Gasteiger partial charge is 0.478 e. The van der Waals surface area contributed by atoms with Crippen molar-refractivity contribution in [2.24, 2.45) is 0 Å². The lowest BCUT2D eigenvalue weighted by atomic mass is 10.1. The van der Waals surface area contributed by atoms with Gasteiger partial charge in [-0.2, -0.15) is 0 Å². The summed E-state index contributed by atoms with van der Waals surface area (Å²) in [6, 6.07) is 7.15. The number of nitrogens with zero attached hydrogens (tertiary/aromatic N) is 1. The molecule has 0 unspecified atom stereocenters. The van der Waals surface area contributed by atoms with E-state index < -0.39 is 5.97 Å². The predicted octanol–water partition coefficient (Wildman–Crippen LogP) is 3.01. The van der Waals surface area contributed by atoms with Crippen molar-refractivity contribution in [2.75, 3.05) is 25.1 Å². The van der Waals surface area contributed by atoms with Crippen molar-refractivity contribution >= 4 is 29.5 Å². The van der Waals surface area contributed by atoms with E-state index in [1.165, 1.54) is 23.5 Å². The predicted molar refractivity (Wildman–Crippen MR) is 83.1 cm³/mol. The standard InChI is InChI=1S/C14H19NO2S2/c1-15(7-6-13-18-8-9-19-13)10-11-2-4-12(5-3-11)14(16)17/h2-5,13H,6-10H2,1H3,(H,16,17). The van der Waals surface area contributed by atoms with E-state index in [4.69, 9.17) is 5.11 Å². The Balaban J connectivity index is 1.77. The third-order valence-corrected chi connectivity index (χ3v) is 6.26. The first-order valence-electron chi connectivity index (χ1n) is 6.39. The zero-order valence-electron chi connectivity index (χ0n) is 11.0. The maximum absolute atomic E-state index is 10.8. The van der Waals surface area contributed by atoms with E-state index in [1.54, 1.807) is 12.1 Å². The molecule has 1 aliphatic rings. The van der Waals surface area contributed by atoms with Crippen LogP contribution in [0.15, 0.2) is 24.3 Å². The molecule has 0 atom stereocenters. The van der Waals surface area contributed by atoms with Crippen LogP contribution in [0.2, 0.25) is 0 Å². The highest BCUT2D eigenvalue weighted by Gasteiger charge is 2.16. The van der Waals surface area contributed by atoms with Gasteiger partial charge in [-0.3, -0.25) is 0 Å². The van der Waals surface area contributed by atoms with Crippen LogP contribution in [0.3, 0.4) is 0 Å². The first kappa shape index (κ1) is 14.8. The molecule has 19 heavy (non-hydrogen) atoms. The number of hydrogen-bond acceptors (Lipinski definition) is 4. The fraction of sp³-hybridized carbons (Fsp3) is 0.500. The lowest BCUT2D eigenvalue weighted by Gasteiger charge is -2.18. The molecule has 3 nitrogen and oxygen atoms in total. The Kier molecular flexibility index (Phi) is 5.60. The van der Waals surface area contributed by atoms with Crippen LogP contribution in [0.4, 0.5) is 0 Å². The third-order valence-electron chi connectivity index (χ3n) is 3.09. The summed E-state index contributed by atoms with van der Waals surface area (Å²) in [7, 11) is 2.12. The first-order chi connectivity index (χ1) is 9.15. The molecule has 104 valence electrons. The summed E-state index contributed by atoms with van der Waals surface area (Å²) in [4.78, 5) is 13.1. The van der Waals surface area contributed by atoms with E-state index in [1.807, 2.05) is 12.1 Å². The first-order valence-corrected chi connectivity index (χ1v) is 8.49. The van der Waals surface area contributed by atoms with E-state index in [-0.39, 0.29) is 0 Å². The Morgan fingerprint density at radius 2 is 1.95 bits per heavy atom. The molecule has 1 heterocycles. The number of thioether (sulfide) groups is 2. The molecule has 5 heteroatoms. The summed E-state index contributed by atoms with van der Waals surface area (Å²) >= 11 is 4.13. The minimum atomic E-state index is -0.866. The van der Waals surface area contributed by atoms with Gasteiger partial charge in [0.1, 0.15) is 0 Å². The van der Waals surface area contributed by atoms with Crippen molar-refractivity contribution < 1.29 is 9.90 Å². The summed E-state index contributed by atoms with van der Waals surface area (Å²) in [5, 5.41) is 8.85. The Hall–Kier alpha value is -0.650. The number of hydrogen-bond donors (Lipinski definition) is 1. The van der Waals surface area contributed by atoms with Crippen molar-refractivity contribution in [1.82, 2.24) is 4.90 Å². The highest BCUT2D eigenvalue weighted by molar-refractivity contribution is 8.20. The van der Waals surface area contributed by atoms with Crippen LogP contribution in [-0.2, 0) is 6.54 Å². The molecule has 1 N–H and O–H groups in total. The fourth-order valence-electron chi connectivity index (χ4n) is 2.04. The number of carboxylic acid groups (broad SMARTS) is 1. The number of carboxylic acids is 1. The summed E-state index contributed by atoms with van der Waals surface area (Å²) < 4.78 is 0.761. The number of rotatable bonds is 6. The second-order valence-corrected chi connectivity index (χ2v) is 7.62. The van der Waals surface area contributed by atoms with Crippen LogP contribution < -0.4 is 0 Å². The molecule has 0 saturated carbocycles.